The van der Waals surface area contributed by atoms with Gasteiger partial charge in [-0.2, -0.15) is 0 Å². The minimum atomic E-state index is -0.411. The summed E-state index contributed by atoms with van der Waals surface area (Å²) in [6, 6.07) is 4.97. The molecule has 1 aromatic carbocycles. The van der Waals surface area contributed by atoms with Gasteiger partial charge in [-0.1, -0.05) is 24.6 Å². The van der Waals surface area contributed by atoms with Gasteiger partial charge in [-0.25, -0.2) is 9.37 Å². The van der Waals surface area contributed by atoms with Gasteiger partial charge in [0, 0.05) is 17.0 Å². The van der Waals surface area contributed by atoms with Crippen LogP contribution in [0.5, 0.6) is 0 Å². The molecule has 0 aliphatic carbocycles. The van der Waals surface area contributed by atoms with E-state index in [0.717, 1.165) is 22.8 Å². The molecule has 1 atom stereocenters. The SMILES string of the molecule is CCNC(C)c1csc(-c2ccc(Cl)c(F)c2)n1. The zero-order valence-electron chi connectivity index (χ0n) is 10.2. The van der Waals surface area contributed by atoms with E-state index in [-0.39, 0.29) is 11.1 Å². The minimum Gasteiger partial charge on any atom is -0.309 e. The van der Waals surface area contributed by atoms with E-state index in [2.05, 4.69) is 24.1 Å². The van der Waals surface area contributed by atoms with Crippen LogP contribution in [0.4, 0.5) is 4.39 Å². The molecule has 0 aliphatic rings. The molecule has 0 amide bonds. The third kappa shape index (κ3) is 2.88. The first-order chi connectivity index (χ1) is 8.61. The van der Waals surface area contributed by atoms with Gasteiger partial charge in [-0.3, -0.25) is 0 Å². The fourth-order valence-electron chi connectivity index (χ4n) is 1.66. The smallest absolute Gasteiger partial charge is 0.142 e. The van der Waals surface area contributed by atoms with Crippen LogP contribution in [0.15, 0.2) is 23.6 Å². The number of thiazole rings is 1. The summed E-state index contributed by atoms with van der Waals surface area (Å²) in [6.07, 6.45) is 0. The molecule has 1 unspecified atom stereocenters. The van der Waals surface area contributed by atoms with Gasteiger partial charge in [-0.05, 0) is 25.6 Å². The molecule has 18 heavy (non-hydrogen) atoms. The lowest BCUT2D eigenvalue weighted by molar-refractivity contribution is 0.587. The number of hydrogen-bond acceptors (Lipinski definition) is 3. The lowest BCUT2D eigenvalue weighted by Crippen LogP contribution is -2.17. The number of benzene rings is 1. The Hall–Kier alpha value is -0.970. The van der Waals surface area contributed by atoms with E-state index < -0.39 is 5.82 Å². The van der Waals surface area contributed by atoms with Crippen LogP contribution in [0.1, 0.15) is 25.6 Å². The number of nitrogens with one attached hydrogen (secondary N) is 1. The highest BCUT2D eigenvalue weighted by Crippen LogP contribution is 2.28. The van der Waals surface area contributed by atoms with Crippen molar-refractivity contribution in [3.05, 3.63) is 40.1 Å². The molecule has 0 saturated carbocycles. The molecule has 0 radical (unpaired) electrons. The van der Waals surface area contributed by atoms with Crippen LogP contribution in [0.3, 0.4) is 0 Å². The number of halogens is 2. The predicted octanol–water partition coefficient (Wildman–Crippen LogP) is 4.27. The topological polar surface area (TPSA) is 24.9 Å². The summed E-state index contributed by atoms with van der Waals surface area (Å²) in [5.41, 5.74) is 1.74. The molecule has 0 aliphatic heterocycles. The van der Waals surface area contributed by atoms with E-state index in [1.54, 1.807) is 12.1 Å². The lowest BCUT2D eigenvalue weighted by atomic mass is 10.2. The van der Waals surface area contributed by atoms with E-state index in [9.17, 15) is 4.39 Å². The van der Waals surface area contributed by atoms with Crippen molar-refractivity contribution in [3.8, 4) is 10.6 Å². The summed E-state index contributed by atoms with van der Waals surface area (Å²) in [5.74, 6) is -0.411. The average Bonchev–Trinajstić information content (AvgIpc) is 2.82. The van der Waals surface area contributed by atoms with Crippen molar-refractivity contribution < 1.29 is 4.39 Å². The van der Waals surface area contributed by atoms with Gasteiger partial charge in [0.25, 0.3) is 0 Å². The zero-order chi connectivity index (χ0) is 13.1. The molecule has 1 aromatic heterocycles. The number of nitrogens with zero attached hydrogens (tertiary/aromatic N) is 1. The Morgan fingerprint density at radius 2 is 2.28 bits per heavy atom. The van der Waals surface area contributed by atoms with Crippen molar-refractivity contribution in [2.75, 3.05) is 6.54 Å². The van der Waals surface area contributed by atoms with Crippen molar-refractivity contribution in [1.82, 2.24) is 10.3 Å². The van der Waals surface area contributed by atoms with Crippen LogP contribution < -0.4 is 5.32 Å². The molecule has 5 heteroatoms. The van der Waals surface area contributed by atoms with Crippen LogP contribution >= 0.6 is 22.9 Å². The third-order valence-corrected chi connectivity index (χ3v) is 3.86. The Bertz CT molecular complexity index is 542. The van der Waals surface area contributed by atoms with E-state index in [0.29, 0.717) is 0 Å². The van der Waals surface area contributed by atoms with Crippen LogP contribution in [0.25, 0.3) is 10.6 Å². The monoisotopic (exact) mass is 284 g/mol. The van der Waals surface area contributed by atoms with Crippen LogP contribution in [0.2, 0.25) is 5.02 Å². The highest BCUT2D eigenvalue weighted by molar-refractivity contribution is 7.13. The summed E-state index contributed by atoms with van der Waals surface area (Å²) >= 11 is 7.17. The minimum absolute atomic E-state index is 0.136. The molecule has 96 valence electrons. The second-order valence-electron chi connectivity index (χ2n) is 3.99. The van der Waals surface area contributed by atoms with E-state index >= 15 is 0 Å². The van der Waals surface area contributed by atoms with Crippen LogP contribution in [0, 0.1) is 5.82 Å². The normalized spacial score (nSPS) is 12.7. The maximum Gasteiger partial charge on any atom is 0.142 e. The molecule has 0 fully saturated rings. The second kappa shape index (κ2) is 5.78. The predicted molar refractivity (Wildman–Crippen MR) is 74.6 cm³/mol. The Morgan fingerprint density at radius 3 is 2.94 bits per heavy atom. The summed E-state index contributed by atoms with van der Waals surface area (Å²) in [5, 5.41) is 6.24. The molecule has 1 heterocycles. The third-order valence-electron chi connectivity index (χ3n) is 2.64. The zero-order valence-corrected chi connectivity index (χ0v) is 11.8. The maximum absolute atomic E-state index is 13.4. The summed E-state index contributed by atoms with van der Waals surface area (Å²) in [4.78, 5) is 4.52. The highest BCUT2D eigenvalue weighted by atomic mass is 35.5. The van der Waals surface area contributed by atoms with Gasteiger partial charge in [0.1, 0.15) is 10.8 Å². The summed E-state index contributed by atoms with van der Waals surface area (Å²) < 4.78 is 13.4. The van der Waals surface area contributed by atoms with Gasteiger partial charge < -0.3 is 5.32 Å². The molecule has 2 rings (SSSR count). The first-order valence-electron chi connectivity index (χ1n) is 5.76. The average molecular weight is 285 g/mol. The number of rotatable bonds is 4. The Morgan fingerprint density at radius 1 is 1.50 bits per heavy atom. The van der Waals surface area contributed by atoms with Gasteiger partial charge in [0.05, 0.1) is 10.7 Å². The maximum atomic E-state index is 13.4. The Balaban J connectivity index is 2.26. The first kappa shape index (κ1) is 13.5. The summed E-state index contributed by atoms with van der Waals surface area (Å²) in [6.45, 7) is 5.01. The first-order valence-corrected chi connectivity index (χ1v) is 7.01. The van der Waals surface area contributed by atoms with Crippen molar-refractivity contribution >= 4 is 22.9 Å². The molecule has 0 saturated heterocycles. The van der Waals surface area contributed by atoms with Crippen molar-refractivity contribution in [2.45, 2.75) is 19.9 Å². The second-order valence-corrected chi connectivity index (χ2v) is 5.25. The Labute approximate surface area is 115 Å². The van der Waals surface area contributed by atoms with Crippen molar-refractivity contribution in [1.29, 1.82) is 0 Å². The fourth-order valence-corrected chi connectivity index (χ4v) is 2.69. The highest BCUT2D eigenvalue weighted by Gasteiger charge is 2.11. The fraction of sp³-hybridized carbons (Fsp3) is 0.308. The van der Waals surface area contributed by atoms with E-state index in [1.165, 1.54) is 17.4 Å². The molecule has 1 N–H and O–H groups in total. The standard InChI is InChI=1S/C13H14ClFN2S/c1-3-16-8(2)12-7-18-13(17-12)9-4-5-10(14)11(15)6-9/h4-8,16H,3H2,1-2H3. The molecule has 0 bridgehead atoms. The molecular weight excluding hydrogens is 271 g/mol. The van der Waals surface area contributed by atoms with Gasteiger partial charge in [0.15, 0.2) is 0 Å². The van der Waals surface area contributed by atoms with Gasteiger partial charge in [0.2, 0.25) is 0 Å². The van der Waals surface area contributed by atoms with Crippen LogP contribution in [-0.4, -0.2) is 11.5 Å². The van der Waals surface area contributed by atoms with Crippen molar-refractivity contribution in [3.63, 3.8) is 0 Å². The van der Waals surface area contributed by atoms with E-state index in [4.69, 9.17) is 11.6 Å². The van der Waals surface area contributed by atoms with Crippen molar-refractivity contribution in [2.24, 2.45) is 0 Å². The van der Waals surface area contributed by atoms with Gasteiger partial charge >= 0.3 is 0 Å². The van der Waals surface area contributed by atoms with Crippen LogP contribution in [-0.2, 0) is 0 Å². The summed E-state index contributed by atoms with van der Waals surface area (Å²) in [7, 11) is 0. The number of hydrogen-bond donors (Lipinski definition) is 1. The largest absolute Gasteiger partial charge is 0.309 e. The molecule has 0 spiro atoms. The molecular formula is C13H14ClFN2S. The Kier molecular flexibility index (Phi) is 4.32. The quantitative estimate of drug-likeness (QED) is 0.907. The molecule has 2 aromatic rings. The van der Waals surface area contributed by atoms with Gasteiger partial charge in [-0.15, -0.1) is 11.3 Å². The lowest BCUT2D eigenvalue weighted by Gasteiger charge is -2.08. The number of aromatic nitrogens is 1. The van der Waals surface area contributed by atoms with E-state index in [1.807, 2.05) is 5.38 Å². The molecule has 2 nitrogen and oxygen atoms in total.